The van der Waals surface area contributed by atoms with Crippen LogP contribution in [0.5, 0.6) is 0 Å². The van der Waals surface area contributed by atoms with Crippen molar-refractivity contribution in [2.75, 3.05) is 11.4 Å². The molecule has 100 valence electrons. The first-order valence-electron chi connectivity index (χ1n) is 6.76. The summed E-state index contributed by atoms with van der Waals surface area (Å²) in [4.78, 5) is 11.1. The van der Waals surface area contributed by atoms with Crippen LogP contribution in [0.3, 0.4) is 0 Å². The monoisotopic (exact) mass is 265 g/mol. The average Bonchev–Trinajstić information content (AvgIpc) is 3.03. The number of hydrogen-bond acceptors (Lipinski definition) is 4. The van der Waals surface area contributed by atoms with Crippen LogP contribution in [0.1, 0.15) is 12.6 Å². The Morgan fingerprint density at radius 1 is 1.30 bits per heavy atom. The zero-order valence-corrected chi connectivity index (χ0v) is 11.5. The quantitative estimate of drug-likeness (QED) is 0.723. The maximum atomic E-state index is 4.46. The predicted molar refractivity (Wildman–Crippen MR) is 78.7 cm³/mol. The fourth-order valence-corrected chi connectivity index (χ4v) is 2.62. The van der Waals surface area contributed by atoms with Crippen LogP contribution in [0.15, 0.2) is 30.7 Å². The van der Waals surface area contributed by atoms with Crippen molar-refractivity contribution in [1.82, 2.24) is 20.2 Å². The number of anilines is 1. The first-order chi connectivity index (χ1) is 9.74. The Morgan fingerprint density at radius 2 is 2.15 bits per heavy atom. The summed E-state index contributed by atoms with van der Waals surface area (Å²) < 4.78 is 0. The Labute approximate surface area is 116 Å². The van der Waals surface area contributed by atoms with Crippen molar-refractivity contribution < 1.29 is 0 Å². The van der Waals surface area contributed by atoms with Crippen LogP contribution in [-0.4, -0.2) is 32.8 Å². The smallest absolute Gasteiger partial charge is 0.140 e. The van der Waals surface area contributed by atoms with E-state index in [1.165, 1.54) is 0 Å². The number of H-pyrrole nitrogens is 1. The molecular formula is C15H15N5. The molecule has 1 aromatic carbocycles. The molecule has 1 N–H and O–H groups in total. The van der Waals surface area contributed by atoms with E-state index in [0.29, 0.717) is 6.04 Å². The molecule has 0 saturated carbocycles. The number of benzene rings is 1. The zero-order chi connectivity index (χ0) is 13.7. The van der Waals surface area contributed by atoms with Crippen molar-refractivity contribution >= 4 is 16.7 Å². The molecule has 1 saturated heterocycles. The topological polar surface area (TPSA) is 57.5 Å². The fraction of sp³-hybridized carbons (Fsp3) is 0.267. The summed E-state index contributed by atoms with van der Waals surface area (Å²) in [5, 5.41) is 8.20. The zero-order valence-electron chi connectivity index (χ0n) is 11.5. The largest absolute Gasteiger partial charge is 0.349 e. The number of aromatic nitrogens is 4. The molecular weight excluding hydrogens is 250 g/mol. The highest BCUT2D eigenvalue weighted by Crippen LogP contribution is 2.33. The van der Waals surface area contributed by atoms with Gasteiger partial charge in [0.2, 0.25) is 0 Å². The van der Waals surface area contributed by atoms with Gasteiger partial charge in [-0.1, -0.05) is 6.07 Å². The number of nitrogens with one attached hydrogen (secondary N) is 1. The maximum Gasteiger partial charge on any atom is 0.140 e. The van der Waals surface area contributed by atoms with E-state index in [1.807, 2.05) is 13.1 Å². The number of aryl methyl sites for hydroxylation is 1. The Hall–Kier alpha value is -2.43. The van der Waals surface area contributed by atoms with Crippen LogP contribution in [-0.2, 0) is 0 Å². The van der Waals surface area contributed by atoms with Crippen molar-refractivity contribution in [1.29, 1.82) is 0 Å². The number of fused-ring (bicyclic) bond motifs is 1. The van der Waals surface area contributed by atoms with Crippen LogP contribution >= 0.6 is 0 Å². The standard InChI is InChI=1S/C15H15N5/c1-9-7-20(9)15-12-5-11(13-6-18-19-10(13)2)3-4-14(12)16-8-17-15/h3-6,8-9H,7H2,1-2H3,(H,18,19). The minimum absolute atomic E-state index is 0.576. The summed E-state index contributed by atoms with van der Waals surface area (Å²) >= 11 is 0. The second kappa shape index (κ2) is 4.03. The van der Waals surface area contributed by atoms with E-state index in [0.717, 1.165) is 40.1 Å². The van der Waals surface area contributed by atoms with Crippen LogP contribution in [0.25, 0.3) is 22.0 Å². The molecule has 1 fully saturated rings. The highest BCUT2D eigenvalue weighted by molar-refractivity contribution is 5.93. The van der Waals surface area contributed by atoms with E-state index >= 15 is 0 Å². The van der Waals surface area contributed by atoms with Gasteiger partial charge in [-0.3, -0.25) is 5.10 Å². The van der Waals surface area contributed by atoms with Crippen LogP contribution in [0.2, 0.25) is 0 Å². The van der Waals surface area contributed by atoms with Gasteiger partial charge < -0.3 is 4.90 Å². The molecule has 1 atom stereocenters. The van der Waals surface area contributed by atoms with Crippen molar-refractivity contribution in [3.63, 3.8) is 0 Å². The third kappa shape index (κ3) is 1.66. The van der Waals surface area contributed by atoms with Gasteiger partial charge in [0.1, 0.15) is 12.1 Å². The lowest BCUT2D eigenvalue weighted by molar-refractivity contribution is 1.05. The molecule has 0 bridgehead atoms. The maximum absolute atomic E-state index is 4.46. The first kappa shape index (κ1) is 11.4. The fourth-order valence-electron chi connectivity index (χ4n) is 2.62. The summed E-state index contributed by atoms with van der Waals surface area (Å²) in [5.74, 6) is 1.03. The summed E-state index contributed by atoms with van der Waals surface area (Å²) in [6.07, 6.45) is 3.57. The van der Waals surface area contributed by atoms with E-state index in [1.54, 1.807) is 6.33 Å². The summed E-state index contributed by atoms with van der Waals surface area (Å²) in [6.45, 7) is 5.28. The molecule has 1 aliphatic rings. The van der Waals surface area contributed by atoms with Crippen molar-refractivity contribution in [2.45, 2.75) is 19.9 Å². The minimum Gasteiger partial charge on any atom is -0.349 e. The third-order valence-corrected chi connectivity index (χ3v) is 3.89. The lowest BCUT2D eigenvalue weighted by Crippen LogP contribution is -2.00. The van der Waals surface area contributed by atoms with Gasteiger partial charge in [0.05, 0.1) is 11.2 Å². The summed E-state index contributed by atoms with van der Waals surface area (Å²) in [6, 6.07) is 6.87. The summed E-state index contributed by atoms with van der Waals surface area (Å²) in [7, 11) is 0. The van der Waals surface area contributed by atoms with Gasteiger partial charge in [0.15, 0.2) is 0 Å². The van der Waals surface area contributed by atoms with E-state index in [2.05, 4.69) is 50.2 Å². The lowest BCUT2D eigenvalue weighted by Gasteiger charge is -2.08. The molecule has 0 radical (unpaired) electrons. The summed E-state index contributed by atoms with van der Waals surface area (Å²) in [5.41, 5.74) is 4.26. The van der Waals surface area contributed by atoms with Crippen LogP contribution in [0, 0.1) is 6.92 Å². The molecule has 4 rings (SSSR count). The molecule has 3 aromatic rings. The number of nitrogens with zero attached hydrogens (tertiary/aromatic N) is 4. The Bertz CT molecular complexity index is 792. The Balaban J connectivity index is 1.92. The Kier molecular flexibility index (Phi) is 2.30. The number of hydrogen-bond donors (Lipinski definition) is 1. The molecule has 3 heterocycles. The molecule has 0 amide bonds. The molecule has 1 aliphatic heterocycles. The van der Waals surface area contributed by atoms with E-state index in [4.69, 9.17) is 0 Å². The van der Waals surface area contributed by atoms with E-state index in [9.17, 15) is 0 Å². The lowest BCUT2D eigenvalue weighted by atomic mass is 10.0. The molecule has 2 aromatic heterocycles. The highest BCUT2D eigenvalue weighted by Gasteiger charge is 2.31. The van der Waals surface area contributed by atoms with E-state index in [-0.39, 0.29) is 0 Å². The normalized spacial score (nSPS) is 17.7. The minimum atomic E-state index is 0.576. The molecule has 1 unspecified atom stereocenters. The number of aromatic amines is 1. The van der Waals surface area contributed by atoms with Crippen molar-refractivity contribution in [3.8, 4) is 11.1 Å². The van der Waals surface area contributed by atoms with E-state index < -0.39 is 0 Å². The average molecular weight is 265 g/mol. The molecule has 5 nitrogen and oxygen atoms in total. The van der Waals surface area contributed by atoms with Gasteiger partial charge in [0.25, 0.3) is 0 Å². The van der Waals surface area contributed by atoms with Gasteiger partial charge >= 0.3 is 0 Å². The van der Waals surface area contributed by atoms with Gasteiger partial charge in [0, 0.05) is 29.7 Å². The second-order valence-corrected chi connectivity index (χ2v) is 5.31. The number of rotatable bonds is 2. The van der Waals surface area contributed by atoms with Gasteiger partial charge in [-0.05, 0) is 31.5 Å². The van der Waals surface area contributed by atoms with Crippen LogP contribution in [0.4, 0.5) is 5.82 Å². The molecule has 0 spiro atoms. The van der Waals surface area contributed by atoms with Gasteiger partial charge in [-0.2, -0.15) is 5.10 Å². The van der Waals surface area contributed by atoms with Crippen molar-refractivity contribution in [3.05, 3.63) is 36.4 Å². The van der Waals surface area contributed by atoms with Gasteiger partial charge in [-0.25, -0.2) is 9.97 Å². The van der Waals surface area contributed by atoms with Crippen LogP contribution < -0.4 is 4.90 Å². The van der Waals surface area contributed by atoms with Gasteiger partial charge in [-0.15, -0.1) is 0 Å². The third-order valence-electron chi connectivity index (χ3n) is 3.89. The predicted octanol–water partition coefficient (Wildman–Crippen LogP) is 2.54. The molecule has 20 heavy (non-hydrogen) atoms. The molecule has 5 heteroatoms. The SMILES string of the molecule is Cc1n[nH]cc1-c1ccc2ncnc(N3CC3C)c2c1. The highest BCUT2D eigenvalue weighted by atomic mass is 15.3. The Morgan fingerprint density at radius 3 is 2.85 bits per heavy atom. The second-order valence-electron chi connectivity index (χ2n) is 5.31. The van der Waals surface area contributed by atoms with Crippen molar-refractivity contribution in [2.24, 2.45) is 0 Å². The first-order valence-corrected chi connectivity index (χ1v) is 6.76. The molecule has 0 aliphatic carbocycles.